The number of para-hydroxylation sites is 1. The molecule has 0 amide bonds. The Kier molecular flexibility index (Phi) is 5.92. The van der Waals surface area contributed by atoms with Crippen LogP contribution in [-0.2, 0) is 5.41 Å². The molecule has 0 aliphatic carbocycles. The van der Waals surface area contributed by atoms with E-state index in [1.54, 1.807) is 24.2 Å². The van der Waals surface area contributed by atoms with Crippen molar-refractivity contribution in [2.24, 2.45) is 0 Å². The molecular weight excluding hydrogens is 458 g/mol. The number of nitrogens with zero attached hydrogens (tertiary/aromatic N) is 6. The maximum Gasteiger partial charge on any atom is 0.294 e. The third-order valence-electron chi connectivity index (χ3n) is 6.32. The second-order valence-corrected chi connectivity index (χ2v) is 9.49. The van der Waals surface area contributed by atoms with Gasteiger partial charge < -0.3 is 24.8 Å². The van der Waals surface area contributed by atoms with E-state index in [-0.39, 0.29) is 30.1 Å². The summed E-state index contributed by atoms with van der Waals surface area (Å²) in [5.74, 6) is 1.32. The molecule has 10 nitrogen and oxygen atoms in total. The Hall–Kier alpha value is -3.92. The van der Waals surface area contributed by atoms with Crippen LogP contribution in [0.2, 0.25) is 0 Å². The van der Waals surface area contributed by atoms with Gasteiger partial charge in [-0.05, 0) is 31.7 Å². The van der Waals surface area contributed by atoms with Crippen LogP contribution in [0.5, 0.6) is 5.75 Å². The van der Waals surface area contributed by atoms with E-state index in [2.05, 4.69) is 41.2 Å². The van der Waals surface area contributed by atoms with Crippen molar-refractivity contribution in [1.82, 2.24) is 14.9 Å². The highest BCUT2D eigenvalue weighted by Crippen LogP contribution is 2.44. The number of nitro groups is 1. The molecule has 1 aliphatic heterocycles. The molecular formula is C26H33N7O3. The molecule has 0 spiro atoms. The lowest BCUT2D eigenvalue weighted by Crippen LogP contribution is -2.29. The summed E-state index contributed by atoms with van der Waals surface area (Å²) >= 11 is 0. The standard InChI is InChI=1S/C26H33N7O3/c1-26(2)17-32(20-10-8-7-9-18(20)26)24-11-12-27-25(29-24)28-19-15-22(33(34)35)21(16-23(19)36-6)31(5)14-13-30(3)4/h7-12,15-16H,13-14,17H2,1-6H3,(H,27,28,29)/i3D3. The number of nitro benzene ring substituents is 1. The first-order chi connectivity index (χ1) is 18.3. The summed E-state index contributed by atoms with van der Waals surface area (Å²) in [5, 5.41) is 15.1. The number of hydrogen-bond donors (Lipinski definition) is 1. The van der Waals surface area contributed by atoms with Crippen molar-refractivity contribution >= 4 is 34.5 Å². The van der Waals surface area contributed by atoms with Gasteiger partial charge in [-0.2, -0.15) is 4.98 Å². The highest BCUT2D eigenvalue weighted by molar-refractivity contribution is 5.77. The summed E-state index contributed by atoms with van der Waals surface area (Å²) in [6.45, 7) is 3.31. The van der Waals surface area contributed by atoms with Crippen molar-refractivity contribution < 1.29 is 13.8 Å². The molecule has 0 fully saturated rings. The average Bonchev–Trinajstić information content (AvgIpc) is 3.17. The van der Waals surface area contributed by atoms with E-state index in [1.807, 2.05) is 18.2 Å². The van der Waals surface area contributed by atoms with Gasteiger partial charge in [0, 0.05) is 60.2 Å². The number of likely N-dealkylation sites (N-methyl/N-ethyl adjacent to an activating group) is 2. The highest BCUT2D eigenvalue weighted by atomic mass is 16.6. The topological polar surface area (TPSA) is 99.9 Å². The summed E-state index contributed by atoms with van der Waals surface area (Å²) in [4.78, 5) is 25.5. The minimum absolute atomic E-state index is 0.0564. The van der Waals surface area contributed by atoms with E-state index in [4.69, 9.17) is 13.8 Å². The molecule has 0 saturated carbocycles. The molecule has 3 aromatic rings. The van der Waals surface area contributed by atoms with Gasteiger partial charge in [0.25, 0.3) is 5.69 Å². The molecule has 1 aromatic heterocycles. The number of nitrogens with one attached hydrogen (secondary N) is 1. The minimum Gasteiger partial charge on any atom is -0.494 e. The molecule has 2 heterocycles. The van der Waals surface area contributed by atoms with Gasteiger partial charge in [-0.3, -0.25) is 10.1 Å². The molecule has 0 saturated heterocycles. The van der Waals surface area contributed by atoms with Crippen molar-refractivity contribution in [2.75, 3.05) is 62.9 Å². The first kappa shape index (κ1) is 21.4. The van der Waals surface area contributed by atoms with Crippen LogP contribution in [0, 0.1) is 10.1 Å². The minimum atomic E-state index is -2.25. The summed E-state index contributed by atoms with van der Waals surface area (Å²) in [7, 11) is 4.63. The van der Waals surface area contributed by atoms with Crippen LogP contribution < -0.4 is 19.9 Å². The van der Waals surface area contributed by atoms with Crippen LogP contribution in [0.4, 0.5) is 34.5 Å². The molecule has 10 heteroatoms. The number of anilines is 5. The summed E-state index contributed by atoms with van der Waals surface area (Å²) in [6, 6.07) is 13.0. The number of hydrogen-bond acceptors (Lipinski definition) is 9. The molecule has 190 valence electrons. The van der Waals surface area contributed by atoms with Crippen molar-refractivity contribution in [1.29, 1.82) is 0 Å². The molecule has 0 unspecified atom stereocenters. The third kappa shape index (κ3) is 5.03. The molecule has 36 heavy (non-hydrogen) atoms. The Balaban J connectivity index is 1.62. The van der Waals surface area contributed by atoms with Crippen LogP contribution in [0.25, 0.3) is 0 Å². The zero-order valence-corrected chi connectivity index (χ0v) is 21.1. The lowest BCUT2D eigenvalue weighted by atomic mass is 9.87. The van der Waals surface area contributed by atoms with E-state index in [9.17, 15) is 10.1 Å². The predicted molar refractivity (Wildman–Crippen MR) is 143 cm³/mol. The number of methoxy groups -OCH3 is 1. The lowest BCUT2D eigenvalue weighted by Gasteiger charge is -2.23. The van der Waals surface area contributed by atoms with E-state index < -0.39 is 11.9 Å². The predicted octanol–water partition coefficient (Wildman–Crippen LogP) is 4.56. The van der Waals surface area contributed by atoms with Crippen LogP contribution >= 0.6 is 0 Å². The fourth-order valence-corrected chi connectivity index (χ4v) is 4.43. The normalized spacial score (nSPS) is 15.6. The zero-order chi connectivity index (χ0) is 28.5. The Bertz CT molecular complexity index is 1370. The quantitative estimate of drug-likeness (QED) is 0.339. The Morgan fingerprint density at radius 3 is 2.75 bits per heavy atom. The van der Waals surface area contributed by atoms with Crippen molar-refractivity contribution in [3.8, 4) is 5.75 Å². The van der Waals surface area contributed by atoms with E-state index in [0.29, 0.717) is 22.9 Å². The van der Waals surface area contributed by atoms with Gasteiger partial charge in [-0.1, -0.05) is 32.0 Å². The summed E-state index contributed by atoms with van der Waals surface area (Å²) in [6.07, 6.45) is 1.64. The number of ether oxygens (including phenoxy) is 1. The summed E-state index contributed by atoms with van der Waals surface area (Å²) in [5.41, 5.74) is 2.73. The van der Waals surface area contributed by atoms with Crippen LogP contribution in [0.3, 0.4) is 0 Å². The monoisotopic (exact) mass is 494 g/mol. The zero-order valence-electron chi connectivity index (χ0n) is 24.1. The lowest BCUT2D eigenvalue weighted by molar-refractivity contribution is -0.384. The smallest absolute Gasteiger partial charge is 0.294 e. The fraction of sp³-hybridized carbons (Fsp3) is 0.385. The second kappa shape index (κ2) is 9.98. The number of rotatable bonds is 9. The molecule has 0 bridgehead atoms. The molecule has 0 radical (unpaired) electrons. The van der Waals surface area contributed by atoms with Gasteiger partial charge in [-0.15, -0.1) is 0 Å². The van der Waals surface area contributed by atoms with Gasteiger partial charge in [0.1, 0.15) is 17.3 Å². The molecule has 1 aliphatic rings. The second-order valence-electron chi connectivity index (χ2n) is 9.49. The summed E-state index contributed by atoms with van der Waals surface area (Å²) < 4.78 is 28.1. The molecule has 4 rings (SSSR count). The highest BCUT2D eigenvalue weighted by Gasteiger charge is 2.36. The van der Waals surface area contributed by atoms with Crippen LogP contribution in [0.1, 0.15) is 23.5 Å². The van der Waals surface area contributed by atoms with Gasteiger partial charge in [-0.25, -0.2) is 4.98 Å². The van der Waals surface area contributed by atoms with Gasteiger partial charge in [0.05, 0.1) is 17.7 Å². The maximum atomic E-state index is 12.0. The van der Waals surface area contributed by atoms with Gasteiger partial charge >= 0.3 is 0 Å². The van der Waals surface area contributed by atoms with E-state index >= 15 is 0 Å². The fourth-order valence-electron chi connectivity index (χ4n) is 4.43. The number of aromatic nitrogens is 2. The third-order valence-corrected chi connectivity index (χ3v) is 6.32. The Labute approximate surface area is 215 Å². The van der Waals surface area contributed by atoms with Gasteiger partial charge in [0.2, 0.25) is 5.95 Å². The first-order valence-corrected chi connectivity index (χ1v) is 11.6. The Morgan fingerprint density at radius 2 is 2.03 bits per heavy atom. The largest absolute Gasteiger partial charge is 0.494 e. The van der Waals surface area contributed by atoms with Crippen molar-refractivity contribution in [3.05, 3.63) is 64.3 Å². The van der Waals surface area contributed by atoms with E-state index in [1.165, 1.54) is 30.7 Å². The van der Waals surface area contributed by atoms with E-state index in [0.717, 1.165) is 12.2 Å². The van der Waals surface area contributed by atoms with Gasteiger partial charge in [0.15, 0.2) is 0 Å². The Morgan fingerprint density at radius 1 is 1.25 bits per heavy atom. The SMILES string of the molecule is [2H]C([2H])([2H])N(C)CCN(C)c1cc(OC)c(Nc2nccc(N3CC(C)(C)c4ccccc43)n2)cc1[N+](=O)[O-]. The van der Waals surface area contributed by atoms with Crippen LogP contribution in [-0.4, -0.2) is 67.6 Å². The maximum absolute atomic E-state index is 12.0. The first-order valence-electron chi connectivity index (χ1n) is 13.1. The van der Waals surface area contributed by atoms with Crippen LogP contribution in [0.15, 0.2) is 48.7 Å². The van der Waals surface area contributed by atoms with Crippen molar-refractivity contribution in [3.63, 3.8) is 0 Å². The number of fused-ring (bicyclic) bond motifs is 1. The average molecular weight is 495 g/mol. The van der Waals surface area contributed by atoms with Crippen molar-refractivity contribution in [2.45, 2.75) is 19.3 Å². The number of benzene rings is 2. The molecule has 2 aromatic carbocycles. The molecule has 0 atom stereocenters. The molecule has 1 N–H and O–H groups in total.